The number of halogens is 1. The predicted octanol–water partition coefficient (Wildman–Crippen LogP) is 7.74. The van der Waals surface area contributed by atoms with Crippen molar-refractivity contribution in [2.75, 3.05) is 0 Å². The van der Waals surface area contributed by atoms with Gasteiger partial charge in [0.15, 0.2) is 0 Å². The molecule has 0 spiro atoms. The van der Waals surface area contributed by atoms with E-state index in [2.05, 4.69) is 111 Å². The zero-order chi connectivity index (χ0) is 22.6. The van der Waals surface area contributed by atoms with E-state index in [1.807, 2.05) is 0 Å². The summed E-state index contributed by atoms with van der Waals surface area (Å²) in [5.41, 5.74) is 9.65. The Labute approximate surface area is 206 Å². The largest absolute Gasteiger partial charge is 0.280 e. The molecular weight excluding hydrogens is 482 g/mol. The molecule has 2 aromatic heterocycles. The first-order valence-electron chi connectivity index (χ1n) is 11.8. The minimum Gasteiger partial charge on any atom is -0.280 e. The molecule has 0 amide bonds. The Morgan fingerprint density at radius 1 is 0.794 bits per heavy atom. The van der Waals surface area contributed by atoms with Crippen molar-refractivity contribution in [2.45, 2.75) is 25.2 Å². The Bertz CT molecular complexity index is 1720. The van der Waals surface area contributed by atoms with Gasteiger partial charge < -0.3 is 0 Å². The maximum absolute atomic E-state index is 5.20. The van der Waals surface area contributed by atoms with E-state index in [0.29, 0.717) is 5.92 Å². The molecule has 1 unspecified atom stereocenters. The van der Waals surface area contributed by atoms with Crippen molar-refractivity contribution in [3.05, 3.63) is 112 Å². The van der Waals surface area contributed by atoms with Crippen molar-refractivity contribution in [1.82, 2.24) is 14.4 Å². The molecule has 6 aromatic rings. The van der Waals surface area contributed by atoms with Crippen LogP contribution < -0.4 is 0 Å². The molecule has 7 rings (SSSR count). The zero-order valence-corrected chi connectivity index (χ0v) is 20.2. The lowest BCUT2D eigenvalue weighted by molar-refractivity contribution is 0.608. The van der Waals surface area contributed by atoms with Gasteiger partial charge in [-0.25, -0.2) is 9.97 Å². The highest BCUT2D eigenvalue weighted by molar-refractivity contribution is 9.10. The highest BCUT2D eigenvalue weighted by atomic mass is 79.9. The van der Waals surface area contributed by atoms with Gasteiger partial charge in [0.2, 0.25) is 0 Å². The van der Waals surface area contributed by atoms with Gasteiger partial charge in [-0.15, -0.1) is 0 Å². The summed E-state index contributed by atoms with van der Waals surface area (Å²) >= 11 is 3.71. The second kappa shape index (κ2) is 7.78. The van der Waals surface area contributed by atoms with Crippen LogP contribution in [0.25, 0.3) is 38.7 Å². The number of benzene rings is 4. The second-order valence-electron chi connectivity index (χ2n) is 9.13. The predicted molar refractivity (Wildman–Crippen MR) is 142 cm³/mol. The SMILES string of the molecule is Brc1ccc2c(c1)-c1ccccc1CCC2Cc1nc2ccccc2c2nc3ccccc3n12. The number of para-hydroxylation sites is 3. The van der Waals surface area contributed by atoms with Gasteiger partial charge in [-0.3, -0.25) is 4.40 Å². The van der Waals surface area contributed by atoms with Crippen LogP contribution in [0.3, 0.4) is 0 Å². The van der Waals surface area contributed by atoms with Crippen LogP contribution in [0, 0.1) is 0 Å². The summed E-state index contributed by atoms with van der Waals surface area (Å²) < 4.78 is 3.40. The van der Waals surface area contributed by atoms with Crippen molar-refractivity contribution in [3.8, 4) is 11.1 Å². The molecule has 1 aliphatic carbocycles. The van der Waals surface area contributed by atoms with Gasteiger partial charge in [-0.05, 0) is 77.4 Å². The molecule has 0 saturated carbocycles. The molecule has 3 nitrogen and oxygen atoms in total. The lowest BCUT2D eigenvalue weighted by Crippen LogP contribution is -2.10. The number of nitrogens with zero attached hydrogens (tertiary/aromatic N) is 3. The number of aromatic nitrogens is 3. The van der Waals surface area contributed by atoms with Crippen molar-refractivity contribution < 1.29 is 0 Å². The third kappa shape index (κ3) is 3.09. The lowest BCUT2D eigenvalue weighted by atomic mass is 9.88. The molecule has 1 aliphatic rings. The van der Waals surface area contributed by atoms with Crippen molar-refractivity contribution in [1.29, 1.82) is 0 Å². The van der Waals surface area contributed by atoms with Crippen LogP contribution >= 0.6 is 15.9 Å². The summed E-state index contributed by atoms with van der Waals surface area (Å²) in [6.45, 7) is 0. The second-order valence-corrected chi connectivity index (χ2v) is 10.0. The van der Waals surface area contributed by atoms with Crippen LogP contribution in [0.15, 0.2) is 95.5 Å². The monoisotopic (exact) mass is 503 g/mol. The van der Waals surface area contributed by atoms with E-state index in [1.165, 1.54) is 22.3 Å². The quantitative estimate of drug-likeness (QED) is 0.242. The van der Waals surface area contributed by atoms with Crippen LogP contribution in [0.1, 0.15) is 29.3 Å². The highest BCUT2D eigenvalue weighted by Gasteiger charge is 2.25. The summed E-state index contributed by atoms with van der Waals surface area (Å²) in [6.07, 6.45) is 3.02. The Hall–Kier alpha value is -3.50. The third-order valence-corrected chi connectivity index (χ3v) is 7.66. The number of rotatable bonds is 2. The number of imidazole rings is 1. The van der Waals surface area contributed by atoms with E-state index in [-0.39, 0.29) is 0 Å². The van der Waals surface area contributed by atoms with Gasteiger partial charge in [-0.1, -0.05) is 70.5 Å². The Kier molecular flexibility index (Phi) is 4.56. The van der Waals surface area contributed by atoms with E-state index >= 15 is 0 Å². The minimum absolute atomic E-state index is 0.369. The zero-order valence-electron chi connectivity index (χ0n) is 18.6. The average molecular weight is 504 g/mol. The molecule has 0 N–H and O–H groups in total. The third-order valence-electron chi connectivity index (χ3n) is 7.17. The Morgan fingerprint density at radius 2 is 1.59 bits per heavy atom. The van der Waals surface area contributed by atoms with Crippen LogP contribution in [0.2, 0.25) is 0 Å². The van der Waals surface area contributed by atoms with Gasteiger partial charge in [0, 0.05) is 16.3 Å². The molecule has 0 fully saturated rings. The molecule has 1 atom stereocenters. The van der Waals surface area contributed by atoms with E-state index in [0.717, 1.165) is 57.1 Å². The fourth-order valence-corrected chi connectivity index (χ4v) is 5.95. The molecule has 4 aromatic carbocycles. The summed E-state index contributed by atoms with van der Waals surface area (Å²) in [5.74, 6) is 1.45. The van der Waals surface area contributed by atoms with Gasteiger partial charge in [0.25, 0.3) is 0 Å². The smallest absolute Gasteiger partial charge is 0.148 e. The summed E-state index contributed by atoms with van der Waals surface area (Å²) in [4.78, 5) is 10.2. The molecule has 0 saturated heterocycles. The fourth-order valence-electron chi connectivity index (χ4n) is 5.59. The van der Waals surface area contributed by atoms with Crippen LogP contribution in [0.4, 0.5) is 0 Å². The Morgan fingerprint density at radius 3 is 2.53 bits per heavy atom. The van der Waals surface area contributed by atoms with Crippen LogP contribution in [-0.2, 0) is 12.8 Å². The average Bonchev–Trinajstić information content (AvgIpc) is 3.20. The van der Waals surface area contributed by atoms with Crippen molar-refractivity contribution >= 4 is 43.5 Å². The molecule has 0 radical (unpaired) electrons. The first-order valence-corrected chi connectivity index (χ1v) is 12.6. The standard InChI is InChI=1S/C30H22BrN3/c31-21-15-16-23-20(14-13-19-7-1-2-8-22(19)25(23)18-21)17-29-32-26-10-4-3-9-24(26)30-33-27-11-5-6-12-28(27)34(29)30/h1-12,15-16,18,20H,13-14,17H2. The van der Waals surface area contributed by atoms with Gasteiger partial charge in [-0.2, -0.15) is 0 Å². The molecule has 4 heteroatoms. The fraction of sp³-hybridized carbons (Fsp3) is 0.133. The maximum Gasteiger partial charge on any atom is 0.148 e. The summed E-state index contributed by atoms with van der Waals surface area (Å²) in [6, 6.07) is 32.4. The Balaban J connectivity index is 1.45. The van der Waals surface area contributed by atoms with Crippen LogP contribution in [-0.4, -0.2) is 14.4 Å². The van der Waals surface area contributed by atoms with Gasteiger partial charge >= 0.3 is 0 Å². The highest BCUT2D eigenvalue weighted by Crippen LogP contribution is 2.41. The number of hydrogen-bond donors (Lipinski definition) is 0. The van der Waals surface area contributed by atoms with Gasteiger partial charge in [0.1, 0.15) is 11.5 Å². The van der Waals surface area contributed by atoms with Crippen LogP contribution in [0.5, 0.6) is 0 Å². The van der Waals surface area contributed by atoms with E-state index in [4.69, 9.17) is 9.97 Å². The van der Waals surface area contributed by atoms with E-state index in [9.17, 15) is 0 Å². The lowest BCUT2D eigenvalue weighted by Gasteiger charge is -2.19. The van der Waals surface area contributed by atoms with E-state index < -0.39 is 0 Å². The molecule has 2 heterocycles. The van der Waals surface area contributed by atoms with Crippen molar-refractivity contribution in [2.24, 2.45) is 0 Å². The molecule has 34 heavy (non-hydrogen) atoms. The minimum atomic E-state index is 0.369. The first-order chi connectivity index (χ1) is 16.8. The normalized spacial score (nSPS) is 15.4. The van der Waals surface area contributed by atoms with Gasteiger partial charge in [0.05, 0.1) is 16.6 Å². The molecule has 0 aliphatic heterocycles. The number of aryl methyl sites for hydroxylation is 1. The van der Waals surface area contributed by atoms with E-state index in [1.54, 1.807) is 0 Å². The molecule has 164 valence electrons. The summed E-state index contributed by atoms with van der Waals surface area (Å²) in [7, 11) is 0. The van der Waals surface area contributed by atoms with Crippen molar-refractivity contribution in [3.63, 3.8) is 0 Å². The number of fused-ring (bicyclic) bond motifs is 8. The topological polar surface area (TPSA) is 30.2 Å². The first kappa shape index (κ1) is 19.9. The summed E-state index contributed by atoms with van der Waals surface area (Å²) in [5, 5.41) is 1.10. The molecular formula is C30H22BrN3. The number of hydrogen-bond acceptors (Lipinski definition) is 2. The molecule has 0 bridgehead atoms. The maximum atomic E-state index is 5.20.